The molecule has 1 N–H and O–H groups in total. The number of hydrogen-bond donors (Lipinski definition) is 1. The van der Waals surface area contributed by atoms with Gasteiger partial charge in [-0.2, -0.15) is 5.10 Å². The highest BCUT2D eigenvalue weighted by Gasteiger charge is 2.32. The maximum atomic E-state index is 13.4. The molecule has 0 spiro atoms. The number of amides is 1. The highest BCUT2D eigenvalue weighted by atomic mass is 16.2. The van der Waals surface area contributed by atoms with Gasteiger partial charge >= 0.3 is 0 Å². The number of nitrogens with one attached hydrogen (secondary N) is 1. The van der Waals surface area contributed by atoms with E-state index >= 15 is 0 Å². The Labute approximate surface area is 190 Å². The number of hydrogen-bond acceptors (Lipinski definition) is 5. The number of nitrogens with zero attached hydrogens (tertiary/aromatic N) is 4. The van der Waals surface area contributed by atoms with Crippen LogP contribution in [0.25, 0.3) is 0 Å². The number of aryl methyl sites for hydroxylation is 2. The molecule has 2 aromatic carbocycles. The molecule has 32 heavy (non-hydrogen) atoms. The van der Waals surface area contributed by atoms with Gasteiger partial charge in [-0.3, -0.25) is 9.69 Å². The molecule has 6 nitrogen and oxygen atoms in total. The van der Waals surface area contributed by atoms with Gasteiger partial charge in [0.2, 0.25) is 5.91 Å². The Bertz CT molecular complexity index is 1010. The zero-order chi connectivity index (χ0) is 22.5. The molecule has 2 heterocycles. The zero-order valence-corrected chi connectivity index (χ0v) is 19.0. The smallest absolute Gasteiger partial charge is 0.246 e. The van der Waals surface area contributed by atoms with Crippen molar-refractivity contribution in [3.8, 4) is 0 Å². The average molecular weight is 430 g/mol. The van der Waals surface area contributed by atoms with Gasteiger partial charge in [-0.1, -0.05) is 48.0 Å². The Kier molecular flexibility index (Phi) is 6.81. The number of aromatic nitrogens is 2. The fourth-order valence-corrected chi connectivity index (χ4v) is 4.31. The van der Waals surface area contributed by atoms with Gasteiger partial charge in [0.05, 0.1) is 5.69 Å². The standard InChI is InChI=1S/C26H31N5O/c1-19-9-12-22(13-10-19)27-26(32)25(21-7-5-4-6-8-21)31-17-15-23(16-18-31)30(3)24-14-11-20(2)28-29-24/h4-14,23,25H,15-18H2,1-3H3,(H,27,32). The van der Waals surface area contributed by atoms with Crippen molar-refractivity contribution < 1.29 is 4.79 Å². The second-order valence-electron chi connectivity index (χ2n) is 8.58. The van der Waals surface area contributed by atoms with E-state index in [-0.39, 0.29) is 11.9 Å². The molecule has 1 unspecified atom stereocenters. The van der Waals surface area contributed by atoms with Gasteiger partial charge in [0.15, 0.2) is 5.82 Å². The second-order valence-corrected chi connectivity index (χ2v) is 8.58. The number of benzene rings is 2. The van der Waals surface area contributed by atoms with Crippen LogP contribution in [0.15, 0.2) is 66.7 Å². The molecular weight excluding hydrogens is 398 g/mol. The molecule has 0 saturated carbocycles. The largest absolute Gasteiger partial charge is 0.355 e. The predicted octanol–water partition coefficient (Wildman–Crippen LogP) is 4.37. The summed E-state index contributed by atoms with van der Waals surface area (Å²) in [6, 6.07) is 22.1. The Morgan fingerprint density at radius 1 is 0.969 bits per heavy atom. The van der Waals surface area contributed by atoms with Crippen LogP contribution in [0.4, 0.5) is 11.5 Å². The minimum atomic E-state index is -0.317. The van der Waals surface area contributed by atoms with E-state index in [0.717, 1.165) is 48.7 Å². The van der Waals surface area contributed by atoms with Gasteiger partial charge < -0.3 is 10.2 Å². The lowest BCUT2D eigenvalue weighted by atomic mass is 9.97. The van der Waals surface area contributed by atoms with E-state index in [1.165, 1.54) is 5.56 Å². The van der Waals surface area contributed by atoms with Crippen LogP contribution in [0.5, 0.6) is 0 Å². The number of carbonyl (C=O) groups excluding carboxylic acids is 1. The lowest BCUT2D eigenvalue weighted by Crippen LogP contribution is -2.47. The van der Waals surface area contributed by atoms with E-state index in [1.807, 2.05) is 80.6 Å². The van der Waals surface area contributed by atoms with Crippen molar-refractivity contribution >= 4 is 17.4 Å². The molecule has 1 aliphatic rings. The molecule has 1 aliphatic heterocycles. The van der Waals surface area contributed by atoms with Crippen LogP contribution in [0.1, 0.15) is 35.7 Å². The molecule has 3 aromatic rings. The van der Waals surface area contributed by atoms with Crippen LogP contribution in [0, 0.1) is 13.8 Å². The van der Waals surface area contributed by atoms with Crippen molar-refractivity contribution in [2.45, 2.75) is 38.8 Å². The monoisotopic (exact) mass is 429 g/mol. The fraction of sp³-hybridized carbons (Fsp3) is 0.346. The summed E-state index contributed by atoms with van der Waals surface area (Å²) in [7, 11) is 2.08. The third kappa shape index (κ3) is 5.14. The molecule has 1 amide bonds. The van der Waals surface area contributed by atoms with Crippen LogP contribution in [0.2, 0.25) is 0 Å². The van der Waals surface area contributed by atoms with E-state index < -0.39 is 0 Å². The molecular formula is C26H31N5O. The van der Waals surface area contributed by atoms with Crippen molar-refractivity contribution in [3.63, 3.8) is 0 Å². The first-order valence-corrected chi connectivity index (χ1v) is 11.2. The normalized spacial score (nSPS) is 15.8. The Morgan fingerprint density at radius 3 is 2.28 bits per heavy atom. The summed E-state index contributed by atoms with van der Waals surface area (Å²) < 4.78 is 0. The first-order valence-electron chi connectivity index (χ1n) is 11.2. The summed E-state index contributed by atoms with van der Waals surface area (Å²) in [5, 5.41) is 11.6. The third-order valence-corrected chi connectivity index (χ3v) is 6.24. The van der Waals surface area contributed by atoms with Gasteiger partial charge in [-0.05, 0) is 56.5 Å². The van der Waals surface area contributed by atoms with Crippen molar-refractivity contribution in [2.24, 2.45) is 0 Å². The minimum absolute atomic E-state index is 0.0104. The molecule has 0 radical (unpaired) electrons. The van der Waals surface area contributed by atoms with Crippen molar-refractivity contribution in [1.82, 2.24) is 15.1 Å². The second kappa shape index (κ2) is 9.92. The number of anilines is 2. The Hall–Kier alpha value is -3.25. The van der Waals surface area contributed by atoms with Gasteiger partial charge in [0.1, 0.15) is 6.04 Å². The summed E-state index contributed by atoms with van der Waals surface area (Å²) in [5.74, 6) is 0.905. The SMILES string of the molecule is Cc1ccc(NC(=O)C(c2ccccc2)N2CCC(N(C)c3ccc(C)nn3)CC2)cc1. The van der Waals surface area contributed by atoms with Gasteiger partial charge in [-0.25, -0.2) is 0 Å². The molecule has 4 rings (SSSR count). The van der Waals surface area contributed by atoms with Gasteiger partial charge in [0.25, 0.3) is 0 Å². The van der Waals surface area contributed by atoms with Crippen LogP contribution in [-0.2, 0) is 4.79 Å². The number of piperidine rings is 1. The van der Waals surface area contributed by atoms with Crippen molar-refractivity contribution in [2.75, 3.05) is 30.4 Å². The Balaban J connectivity index is 1.47. The first-order chi connectivity index (χ1) is 15.5. The summed E-state index contributed by atoms with van der Waals surface area (Å²) in [5.41, 5.74) is 3.94. The molecule has 0 bridgehead atoms. The van der Waals surface area contributed by atoms with Crippen molar-refractivity contribution in [1.29, 1.82) is 0 Å². The highest BCUT2D eigenvalue weighted by molar-refractivity contribution is 5.95. The van der Waals surface area contributed by atoms with E-state index in [0.29, 0.717) is 6.04 Å². The fourth-order valence-electron chi connectivity index (χ4n) is 4.31. The van der Waals surface area contributed by atoms with Crippen LogP contribution < -0.4 is 10.2 Å². The van der Waals surface area contributed by atoms with Crippen molar-refractivity contribution in [3.05, 3.63) is 83.6 Å². The molecule has 1 aromatic heterocycles. The number of carbonyl (C=O) groups is 1. The van der Waals surface area contributed by atoms with E-state index in [9.17, 15) is 4.79 Å². The summed E-state index contributed by atoms with van der Waals surface area (Å²) in [6.45, 7) is 5.67. The quantitative estimate of drug-likeness (QED) is 0.630. The highest BCUT2D eigenvalue weighted by Crippen LogP contribution is 2.28. The number of rotatable bonds is 6. The lowest BCUT2D eigenvalue weighted by Gasteiger charge is -2.40. The lowest BCUT2D eigenvalue weighted by molar-refractivity contribution is -0.122. The molecule has 0 aliphatic carbocycles. The van der Waals surface area contributed by atoms with E-state index in [4.69, 9.17) is 0 Å². The molecule has 6 heteroatoms. The summed E-state index contributed by atoms with van der Waals surface area (Å²) in [4.78, 5) is 17.9. The molecule has 166 valence electrons. The van der Waals surface area contributed by atoms with Crippen LogP contribution in [-0.4, -0.2) is 47.2 Å². The van der Waals surface area contributed by atoms with E-state index in [2.05, 4.69) is 32.4 Å². The Morgan fingerprint density at radius 2 is 1.66 bits per heavy atom. The van der Waals surface area contributed by atoms with E-state index in [1.54, 1.807) is 0 Å². The van der Waals surface area contributed by atoms with Gasteiger partial charge in [0, 0.05) is 31.9 Å². The molecule has 1 atom stereocenters. The molecule has 1 saturated heterocycles. The summed E-state index contributed by atoms with van der Waals surface area (Å²) in [6.07, 6.45) is 1.93. The van der Waals surface area contributed by atoms with Gasteiger partial charge in [-0.15, -0.1) is 5.10 Å². The number of likely N-dealkylation sites (tertiary alicyclic amines) is 1. The summed E-state index contributed by atoms with van der Waals surface area (Å²) >= 11 is 0. The maximum Gasteiger partial charge on any atom is 0.246 e. The average Bonchev–Trinajstić information content (AvgIpc) is 2.82. The predicted molar refractivity (Wildman–Crippen MR) is 129 cm³/mol. The van der Waals surface area contributed by atoms with Crippen LogP contribution >= 0.6 is 0 Å². The molecule has 1 fully saturated rings. The first kappa shape index (κ1) is 22.0. The minimum Gasteiger partial charge on any atom is -0.355 e. The third-order valence-electron chi connectivity index (χ3n) is 6.24. The maximum absolute atomic E-state index is 13.4. The topological polar surface area (TPSA) is 61.4 Å². The zero-order valence-electron chi connectivity index (χ0n) is 19.0. The van der Waals surface area contributed by atoms with Crippen LogP contribution in [0.3, 0.4) is 0 Å².